The van der Waals surface area contributed by atoms with E-state index in [0.717, 1.165) is 0 Å². The van der Waals surface area contributed by atoms with Crippen molar-refractivity contribution in [2.75, 3.05) is 0 Å². The number of nitrogens with two attached hydrogens (primary N) is 1. The van der Waals surface area contributed by atoms with E-state index in [0.29, 0.717) is 17.9 Å². The zero-order valence-electron chi connectivity index (χ0n) is 10.4. The summed E-state index contributed by atoms with van der Waals surface area (Å²) in [7, 11) is -3.69. The van der Waals surface area contributed by atoms with Gasteiger partial charge in [0.1, 0.15) is 12.2 Å². The standard InChI is InChI=1S/C9H15N7O2S/c1-2-16-6-12-14-8(16)5-13-19(17,18)9-7(3-10)4-11-15-9/h4,6,13H,2-3,5,10H2,1H3,(H,11,15). The van der Waals surface area contributed by atoms with Crippen LogP contribution in [0.5, 0.6) is 0 Å². The zero-order chi connectivity index (χ0) is 13.9. The van der Waals surface area contributed by atoms with Crippen molar-refractivity contribution in [3.63, 3.8) is 0 Å². The van der Waals surface area contributed by atoms with Crippen LogP contribution in [0.2, 0.25) is 0 Å². The number of H-pyrrole nitrogens is 1. The van der Waals surface area contributed by atoms with Crippen LogP contribution in [0.15, 0.2) is 17.6 Å². The lowest BCUT2D eigenvalue weighted by molar-refractivity contribution is 0.569. The van der Waals surface area contributed by atoms with Gasteiger partial charge in [-0.2, -0.15) is 5.10 Å². The highest BCUT2D eigenvalue weighted by Gasteiger charge is 2.20. The van der Waals surface area contributed by atoms with Gasteiger partial charge in [0.2, 0.25) is 0 Å². The van der Waals surface area contributed by atoms with E-state index in [1.165, 1.54) is 6.20 Å². The molecule has 0 saturated heterocycles. The number of hydrogen-bond acceptors (Lipinski definition) is 6. The summed E-state index contributed by atoms with van der Waals surface area (Å²) in [4.78, 5) is 0. The molecule has 0 saturated carbocycles. The molecule has 104 valence electrons. The van der Waals surface area contributed by atoms with Crippen molar-refractivity contribution < 1.29 is 8.42 Å². The molecular formula is C9H15N7O2S. The minimum atomic E-state index is -3.69. The summed E-state index contributed by atoms with van der Waals surface area (Å²) in [6.07, 6.45) is 2.94. The molecule has 0 unspecified atom stereocenters. The lowest BCUT2D eigenvalue weighted by atomic mass is 10.4. The van der Waals surface area contributed by atoms with E-state index >= 15 is 0 Å². The Balaban J connectivity index is 2.14. The van der Waals surface area contributed by atoms with Crippen molar-refractivity contribution >= 4 is 10.0 Å². The summed E-state index contributed by atoms with van der Waals surface area (Å²) in [6, 6.07) is 0. The van der Waals surface area contributed by atoms with Crippen LogP contribution in [0.1, 0.15) is 18.3 Å². The smallest absolute Gasteiger partial charge is 0.258 e. The van der Waals surface area contributed by atoms with Gasteiger partial charge in [0.25, 0.3) is 10.0 Å². The molecule has 0 aliphatic rings. The molecular weight excluding hydrogens is 270 g/mol. The third kappa shape index (κ3) is 2.80. The predicted molar refractivity (Wildman–Crippen MR) is 66.2 cm³/mol. The number of rotatable bonds is 6. The number of nitrogens with one attached hydrogen (secondary N) is 2. The van der Waals surface area contributed by atoms with Gasteiger partial charge < -0.3 is 10.3 Å². The van der Waals surface area contributed by atoms with Crippen LogP contribution in [-0.4, -0.2) is 33.4 Å². The Hall–Kier alpha value is -1.78. The molecule has 0 aliphatic carbocycles. The largest absolute Gasteiger partial charge is 0.326 e. The van der Waals surface area contributed by atoms with Crippen molar-refractivity contribution in [1.82, 2.24) is 29.7 Å². The van der Waals surface area contributed by atoms with Crippen LogP contribution in [0.4, 0.5) is 0 Å². The van der Waals surface area contributed by atoms with Crippen LogP contribution in [0.25, 0.3) is 0 Å². The van der Waals surface area contributed by atoms with E-state index in [9.17, 15) is 8.42 Å². The van der Waals surface area contributed by atoms with Crippen LogP contribution >= 0.6 is 0 Å². The summed E-state index contributed by atoms with van der Waals surface area (Å²) in [5, 5.41) is 13.7. The first-order valence-electron chi connectivity index (χ1n) is 5.67. The molecule has 10 heteroatoms. The minimum Gasteiger partial charge on any atom is -0.326 e. The van der Waals surface area contributed by atoms with Gasteiger partial charge in [-0.25, -0.2) is 13.1 Å². The molecule has 0 fully saturated rings. The molecule has 2 aromatic heterocycles. The van der Waals surface area contributed by atoms with Crippen LogP contribution in [0.3, 0.4) is 0 Å². The van der Waals surface area contributed by atoms with Crippen molar-refractivity contribution in [3.05, 3.63) is 23.9 Å². The maximum atomic E-state index is 12.1. The Morgan fingerprint density at radius 1 is 1.53 bits per heavy atom. The molecule has 0 spiro atoms. The van der Waals surface area contributed by atoms with Crippen molar-refractivity contribution in [2.45, 2.75) is 31.6 Å². The molecule has 0 amide bonds. The lowest BCUT2D eigenvalue weighted by Gasteiger charge is -2.06. The summed E-state index contributed by atoms with van der Waals surface area (Å²) < 4.78 is 28.3. The lowest BCUT2D eigenvalue weighted by Crippen LogP contribution is -2.26. The summed E-state index contributed by atoms with van der Waals surface area (Å²) in [5.41, 5.74) is 5.88. The molecule has 19 heavy (non-hydrogen) atoms. The third-order valence-corrected chi connectivity index (χ3v) is 4.04. The van der Waals surface area contributed by atoms with E-state index in [2.05, 4.69) is 25.1 Å². The quantitative estimate of drug-likeness (QED) is 0.621. The average molecular weight is 285 g/mol. The van der Waals surface area contributed by atoms with E-state index in [4.69, 9.17) is 5.73 Å². The van der Waals surface area contributed by atoms with Crippen molar-refractivity contribution in [1.29, 1.82) is 0 Å². The molecule has 0 bridgehead atoms. The van der Waals surface area contributed by atoms with Gasteiger partial charge >= 0.3 is 0 Å². The maximum Gasteiger partial charge on any atom is 0.258 e. The summed E-state index contributed by atoms with van der Waals surface area (Å²) in [6.45, 7) is 2.74. The Morgan fingerprint density at radius 2 is 2.32 bits per heavy atom. The fourth-order valence-corrected chi connectivity index (χ4v) is 2.71. The maximum absolute atomic E-state index is 12.1. The minimum absolute atomic E-state index is 0.0161. The van der Waals surface area contributed by atoms with Gasteiger partial charge in [-0.3, -0.25) is 5.10 Å². The van der Waals surface area contributed by atoms with Gasteiger partial charge in [0.05, 0.1) is 12.7 Å². The predicted octanol–water partition coefficient (Wildman–Crippen LogP) is -1.04. The second kappa shape index (κ2) is 5.47. The second-order valence-corrected chi connectivity index (χ2v) is 5.49. The van der Waals surface area contributed by atoms with E-state index < -0.39 is 10.0 Å². The Labute approximate surface area is 110 Å². The fourth-order valence-electron chi connectivity index (χ4n) is 1.59. The molecule has 2 rings (SSSR count). The molecule has 9 nitrogen and oxygen atoms in total. The van der Waals surface area contributed by atoms with Gasteiger partial charge in [-0.1, -0.05) is 0 Å². The Morgan fingerprint density at radius 3 is 3.00 bits per heavy atom. The third-order valence-electron chi connectivity index (χ3n) is 2.62. The number of hydrogen-bond donors (Lipinski definition) is 3. The molecule has 0 aromatic carbocycles. The number of aromatic amines is 1. The monoisotopic (exact) mass is 285 g/mol. The first kappa shape index (κ1) is 13.6. The van der Waals surface area contributed by atoms with Gasteiger partial charge in [0.15, 0.2) is 5.03 Å². The molecule has 0 atom stereocenters. The fraction of sp³-hybridized carbons (Fsp3) is 0.444. The first-order valence-corrected chi connectivity index (χ1v) is 7.15. The first-order chi connectivity index (χ1) is 9.08. The SMILES string of the molecule is CCn1cnnc1CNS(=O)(=O)c1[nH]ncc1CN. The van der Waals surface area contributed by atoms with Crippen LogP contribution in [0, 0.1) is 0 Å². The van der Waals surface area contributed by atoms with Gasteiger partial charge in [-0.05, 0) is 6.92 Å². The zero-order valence-corrected chi connectivity index (χ0v) is 11.2. The van der Waals surface area contributed by atoms with Crippen LogP contribution in [-0.2, 0) is 29.7 Å². The van der Waals surface area contributed by atoms with E-state index in [1.54, 1.807) is 10.9 Å². The molecule has 2 aromatic rings. The molecule has 0 radical (unpaired) electrons. The number of sulfonamides is 1. The number of nitrogens with zero attached hydrogens (tertiary/aromatic N) is 4. The van der Waals surface area contributed by atoms with Crippen molar-refractivity contribution in [3.8, 4) is 0 Å². The number of aryl methyl sites for hydroxylation is 1. The van der Waals surface area contributed by atoms with Gasteiger partial charge in [0, 0.05) is 18.7 Å². The average Bonchev–Trinajstić information content (AvgIpc) is 3.04. The molecule has 0 aliphatic heterocycles. The van der Waals surface area contributed by atoms with Crippen LogP contribution < -0.4 is 10.5 Å². The number of aromatic nitrogens is 5. The van der Waals surface area contributed by atoms with E-state index in [1.807, 2.05) is 6.92 Å². The topological polar surface area (TPSA) is 132 Å². The molecule has 4 N–H and O–H groups in total. The van der Waals surface area contributed by atoms with E-state index in [-0.39, 0.29) is 18.1 Å². The molecule has 2 heterocycles. The summed E-state index contributed by atoms with van der Waals surface area (Å²) in [5.74, 6) is 0.542. The Kier molecular flexibility index (Phi) is 3.93. The van der Waals surface area contributed by atoms with Gasteiger partial charge in [-0.15, -0.1) is 10.2 Å². The normalized spacial score (nSPS) is 11.9. The van der Waals surface area contributed by atoms with Crippen molar-refractivity contribution in [2.24, 2.45) is 5.73 Å². The second-order valence-electron chi connectivity index (χ2n) is 3.79. The highest BCUT2D eigenvalue weighted by Crippen LogP contribution is 2.11. The highest BCUT2D eigenvalue weighted by atomic mass is 32.2. The highest BCUT2D eigenvalue weighted by molar-refractivity contribution is 7.89. The Bertz CT molecular complexity index is 645. The summed E-state index contributed by atoms with van der Waals surface area (Å²) >= 11 is 0.